The fourth-order valence-electron chi connectivity index (χ4n) is 2.07. The molecule has 0 saturated carbocycles. The van der Waals surface area contributed by atoms with Gasteiger partial charge in [0.15, 0.2) is 0 Å². The average Bonchev–Trinajstić information content (AvgIpc) is 2.62. The first-order valence-corrected chi connectivity index (χ1v) is 7.33. The summed E-state index contributed by atoms with van der Waals surface area (Å²) < 4.78 is 12.9. The molecule has 3 aromatic rings. The molecule has 0 atom stereocenters. The highest BCUT2D eigenvalue weighted by Gasteiger charge is 2.00. The van der Waals surface area contributed by atoms with Crippen LogP contribution in [0.4, 0.5) is 10.2 Å². The summed E-state index contributed by atoms with van der Waals surface area (Å²) in [6.07, 6.45) is 6.35. The molecule has 5 heteroatoms. The van der Waals surface area contributed by atoms with Gasteiger partial charge in [-0.15, -0.1) is 0 Å². The summed E-state index contributed by atoms with van der Waals surface area (Å²) in [5.74, 6) is -0.0505. The number of hydrogen-bond acceptors (Lipinski definition) is 3. The van der Waals surface area contributed by atoms with E-state index in [2.05, 4.69) is 15.3 Å². The molecule has 4 nitrogen and oxygen atoms in total. The molecule has 0 spiro atoms. The highest BCUT2D eigenvalue weighted by atomic mass is 19.1. The number of hydrogen-bond donors (Lipinski definition) is 1. The Balaban J connectivity index is 1.65. The normalized spacial score (nSPS) is 10.7. The number of anilines is 1. The second-order valence-electron chi connectivity index (χ2n) is 5.02. The van der Waals surface area contributed by atoms with Gasteiger partial charge < -0.3 is 5.32 Å². The van der Waals surface area contributed by atoms with Gasteiger partial charge >= 0.3 is 0 Å². The van der Waals surface area contributed by atoms with E-state index in [4.69, 9.17) is 0 Å². The van der Waals surface area contributed by atoms with Crippen molar-refractivity contribution in [2.75, 3.05) is 5.32 Å². The van der Waals surface area contributed by atoms with Crippen molar-refractivity contribution in [3.05, 3.63) is 84.4 Å². The van der Waals surface area contributed by atoms with Crippen LogP contribution in [0.15, 0.2) is 73.1 Å². The Morgan fingerprint density at radius 2 is 1.83 bits per heavy atom. The van der Waals surface area contributed by atoms with Crippen LogP contribution in [-0.2, 0) is 4.79 Å². The zero-order valence-corrected chi connectivity index (χ0v) is 12.7. The maximum atomic E-state index is 12.9. The average molecular weight is 319 g/mol. The molecule has 0 radical (unpaired) electrons. The second kappa shape index (κ2) is 7.28. The number of nitrogens with one attached hydrogen (secondary N) is 1. The van der Waals surface area contributed by atoms with Gasteiger partial charge in [-0.2, -0.15) is 0 Å². The molecule has 24 heavy (non-hydrogen) atoms. The van der Waals surface area contributed by atoms with Crippen molar-refractivity contribution in [3.8, 4) is 11.3 Å². The predicted octanol–water partition coefficient (Wildman–Crippen LogP) is 3.93. The molecule has 0 aliphatic carbocycles. The number of rotatable bonds is 4. The molecule has 1 amide bonds. The van der Waals surface area contributed by atoms with Crippen molar-refractivity contribution in [1.29, 1.82) is 0 Å². The van der Waals surface area contributed by atoms with Crippen LogP contribution < -0.4 is 5.32 Å². The van der Waals surface area contributed by atoms with E-state index in [0.717, 1.165) is 16.8 Å². The van der Waals surface area contributed by atoms with Crippen LogP contribution in [0.3, 0.4) is 0 Å². The van der Waals surface area contributed by atoms with E-state index >= 15 is 0 Å². The molecule has 2 heterocycles. The third-order valence-electron chi connectivity index (χ3n) is 3.27. The highest BCUT2D eigenvalue weighted by Crippen LogP contribution is 2.17. The molecule has 118 valence electrons. The van der Waals surface area contributed by atoms with E-state index in [1.807, 2.05) is 12.1 Å². The Morgan fingerprint density at radius 3 is 2.50 bits per heavy atom. The second-order valence-corrected chi connectivity index (χ2v) is 5.02. The van der Waals surface area contributed by atoms with Crippen molar-refractivity contribution < 1.29 is 9.18 Å². The van der Waals surface area contributed by atoms with Gasteiger partial charge in [0, 0.05) is 24.0 Å². The number of carbonyl (C=O) groups is 1. The molecular formula is C19H14FN3O. The summed E-state index contributed by atoms with van der Waals surface area (Å²) in [5, 5.41) is 2.66. The van der Waals surface area contributed by atoms with Gasteiger partial charge in [0.2, 0.25) is 5.91 Å². The van der Waals surface area contributed by atoms with Crippen molar-refractivity contribution in [2.45, 2.75) is 0 Å². The fraction of sp³-hybridized carbons (Fsp3) is 0. The fourth-order valence-corrected chi connectivity index (χ4v) is 2.07. The molecule has 1 N–H and O–H groups in total. The topological polar surface area (TPSA) is 54.9 Å². The molecule has 0 aliphatic rings. The monoisotopic (exact) mass is 319 g/mol. The number of nitrogens with zero attached hydrogens (tertiary/aromatic N) is 2. The number of carbonyl (C=O) groups excluding carboxylic acids is 1. The van der Waals surface area contributed by atoms with Crippen molar-refractivity contribution in [2.24, 2.45) is 0 Å². The summed E-state index contributed by atoms with van der Waals surface area (Å²) in [6.45, 7) is 0. The number of amides is 1. The van der Waals surface area contributed by atoms with E-state index in [1.165, 1.54) is 18.2 Å². The molecule has 0 saturated heterocycles. The Bertz CT molecular complexity index is 844. The van der Waals surface area contributed by atoms with Gasteiger partial charge in [0.1, 0.15) is 11.6 Å². The summed E-state index contributed by atoms with van der Waals surface area (Å²) in [7, 11) is 0. The Kier molecular flexibility index (Phi) is 4.72. The van der Waals surface area contributed by atoms with Crippen LogP contribution in [0.1, 0.15) is 5.56 Å². The lowest BCUT2D eigenvalue weighted by atomic mass is 10.1. The largest absolute Gasteiger partial charge is 0.307 e. The molecule has 0 bridgehead atoms. The molecule has 1 aromatic carbocycles. The van der Waals surface area contributed by atoms with Gasteiger partial charge in [-0.05, 0) is 54.1 Å². The summed E-state index contributed by atoms with van der Waals surface area (Å²) >= 11 is 0. The van der Waals surface area contributed by atoms with Crippen molar-refractivity contribution in [3.63, 3.8) is 0 Å². The van der Waals surface area contributed by atoms with Gasteiger partial charge in [-0.3, -0.25) is 9.78 Å². The van der Waals surface area contributed by atoms with Gasteiger partial charge in [-0.25, -0.2) is 9.37 Å². The quantitative estimate of drug-likeness (QED) is 0.741. The third kappa shape index (κ3) is 4.10. The van der Waals surface area contributed by atoms with Gasteiger partial charge in [-0.1, -0.05) is 12.1 Å². The third-order valence-corrected chi connectivity index (χ3v) is 3.27. The van der Waals surface area contributed by atoms with Crippen LogP contribution in [0.2, 0.25) is 0 Å². The Morgan fingerprint density at radius 1 is 1.00 bits per heavy atom. The number of aromatic nitrogens is 2. The summed E-state index contributed by atoms with van der Waals surface area (Å²) in [6, 6.07) is 15.1. The first kappa shape index (κ1) is 15.6. The lowest BCUT2D eigenvalue weighted by Gasteiger charge is -2.02. The minimum atomic E-state index is -0.280. The summed E-state index contributed by atoms with van der Waals surface area (Å²) in [4.78, 5) is 20.2. The van der Waals surface area contributed by atoms with Crippen molar-refractivity contribution >= 4 is 17.8 Å². The van der Waals surface area contributed by atoms with Gasteiger partial charge in [0.25, 0.3) is 0 Å². The number of halogens is 1. The van der Waals surface area contributed by atoms with Crippen molar-refractivity contribution in [1.82, 2.24) is 9.97 Å². The Labute approximate surface area is 138 Å². The van der Waals surface area contributed by atoms with E-state index in [9.17, 15) is 9.18 Å². The summed E-state index contributed by atoms with van der Waals surface area (Å²) in [5.41, 5.74) is 2.36. The van der Waals surface area contributed by atoms with Crippen LogP contribution in [0.5, 0.6) is 0 Å². The lowest BCUT2D eigenvalue weighted by molar-refractivity contribution is -0.111. The highest BCUT2D eigenvalue weighted by molar-refractivity contribution is 6.01. The zero-order valence-electron chi connectivity index (χ0n) is 12.7. The minimum absolute atomic E-state index is 0.267. The molecule has 2 aromatic heterocycles. The maximum absolute atomic E-state index is 12.9. The predicted molar refractivity (Wildman–Crippen MR) is 91.5 cm³/mol. The van der Waals surface area contributed by atoms with E-state index < -0.39 is 0 Å². The molecule has 0 unspecified atom stereocenters. The van der Waals surface area contributed by atoms with Crippen LogP contribution in [0, 0.1) is 5.82 Å². The van der Waals surface area contributed by atoms with Crippen LogP contribution in [-0.4, -0.2) is 15.9 Å². The van der Waals surface area contributed by atoms with E-state index in [0.29, 0.717) is 5.82 Å². The minimum Gasteiger partial charge on any atom is -0.307 e. The first-order chi connectivity index (χ1) is 11.7. The van der Waals surface area contributed by atoms with E-state index in [-0.39, 0.29) is 11.7 Å². The lowest BCUT2D eigenvalue weighted by Crippen LogP contribution is -2.08. The molecular weight excluding hydrogens is 305 g/mol. The molecule has 3 rings (SSSR count). The zero-order chi connectivity index (χ0) is 16.8. The molecule has 0 fully saturated rings. The van der Waals surface area contributed by atoms with Crippen LogP contribution >= 0.6 is 0 Å². The number of benzene rings is 1. The van der Waals surface area contributed by atoms with Gasteiger partial charge in [0.05, 0.1) is 5.69 Å². The molecule has 0 aliphatic heterocycles. The SMILES string of the molecule is O=C(C=Cc1ccc(-c2ccc(F)cc2)nc1)Nc1ccccn1. The van der Waals surface area contributed by atoms with Crippen LogP contribution in [0.25, 0.3) is 17.3 Å². The van der Waals surface area contributed by atoms with E-state index in [1.54, 1.807) is 48.8 Å². The standard InChI is InChI=1S/C19H14FN3O/c20-16-8-6-15(7-9-16)17-10-4-14(13-22-17)5-11-19(24)23-18-3-1-2-12-21-18/h1-13H,(H,21,23,24). The first-order valence-electron chi connectivity index (χ1n) is 7.33. The number of pyridine rings is 2. The maximum Gasteiger partial charge on any atom is 0.249 e. The Hall–Kier alpha value is -3.34. The smallest absolute Gasteiger partial charge is 0.249 e.